The average molecular weight is 577 g/mol. The van der Waals surface area contributed by atoms with E-state index in [1.807, 2.05) is 20.8 Å². The number of alkyl halides is 3. The van der Waals surface area contributed by atoms with E-state index in [0.717, 1.165) is 11.1 Å². The van der Waals surface area contributed by atoms with Crippen LogP contribution in [0.2, 0.25) is 5.02 Å². The number of nitrogens with one attached hydrogen (secondary N) is 5. The summed E-state index contributed by atoms with van der Waals surface area (Å²) in [7, 11) is 0. The van der Waals surface area contributed by atoms with E-state index in [0.29, 0.717) is 9.92 Å². The van der Waals surface area contributed by atoms with E-state index in [-0.39, 0.29) is 29.1 Å². The minimum absolute atomic E-state index is 0.0768. The highest BCUT2D eigenvalue weighted by Crippen LogP contribution is 2.21. The molecule has 5 N–H and O–H groups in total. The number of amidine groups is 1. The molecule has 0 aliphatic rings. The van der Waals surface area contributed by atoms with Gasteiger partial charge in [0.1, 0.15) is 11.5 Å². The highest BCUT2D eigenvalue weighted by atomic mass is 35.5. The molecule has 0 radical (unpaired) electrons. The van der Waals surface area contributed by atoms with Crippen LogP contribution in [0.3, 0.4) is 0 Å². The van der Waals surface area contributed by atoms with Crippen molar-refractivity contribution in [2.24, 2.45) is 0 Å². The van der Waals surface area contributed by atoms with Gasteiger partial charge in [-0.05, 0) is 24.6 Å². The number of pyridine rings is 1. The third kappa shape index (κ3) is 9.26. The lowest BCUT2D eigenvalue weighted by molar-refractivity contribution is -0.135. The Bertz CT molecular complexity index is 1370. The van der Waals surface area contributed by atoms with Crippen molar-refractivity contribution in [1.29, 1.82) is 10.8 Å². The third-order valence-electron chi connectivity index (χ3n) is 5.57. The van der Waals surface area contributed by atoms with Crippen LogP contribution in [0.4, 0.5) is 23.7 Å². The van der Waals surface area contributed by atoms with Crippen molar-refractivity contribution in [3.8, 4) is 0 Å². The number of aromatic nitrogens is 1. The van der Waals surface area contributed by atoms with Crippen molar-refractivity contribution in [1.82, 2.24) is 15.2 Å². The van der Waals surface area contributed by atoms with E-state index < -0.39 is 43.1 Å². The first-order valence-corrected chi connectivity index (χ1v) is 12.9. The van der Waals surface area contributed by atoms with E-state index in [1.165, 1.54) is 12.3 Å². The number of nitrogens with zero attached hydrogens (tertiary/aromatic N) is 1. The van der Waals surface area contributed by atoms with Gasteiger partial charge in [-0.25, -0.2) is 4.79 Å². The lowest BCUT2D eigenvalue weighted by atomic mass is 10.1. The Morgan fingerprint density at radius 2 is 1.70 bits per heavy atom. The standard InChI is InChI=1S/C26H26ClF3N6O2.C2H6/c1-16-6-8-17(9-7-16)23(32)36(13-11-26(28,29)30)25(38)35-15-21(31)19-10-12-33-24(37)22(19)34-14-18-4-2-3-5-20(18)27;1-2/h2-10,12,31-32,34H,11,13-15H2,1H3,(H,33,37)(H,35,38);1-2H3. The maximum absolute atomic E-state index is 12.9. The minimum Gasteiger partial charge on any atom is -0.376 e. The molecule has 0 bridgehead atoms. The molecule has 1 aromatic heterocycles. The molecule has 0 aliphatic heterocycles. The molecule has 2 aromatic carbocycles. The normalized spacial score (nSPS) is 10.7. The lowest BCUT2D eigenvalue weighted by Gasteiger charge is -2.24. The first-order valence-electron chi connectivity index (χ1n) is 12.5. The van der Waals surface area contributed by atoms with Gasteiger partial charge in [0.25, 0.3) is 5.56 Å². The number of halogens is 4. The van der Waals surface area contributed by atoms with Crippen LogP contribution in [0.25, 0.3) is 0 Å². The summed E-state index contributed by atoms with van der Waals surface area (Å²) >= 11 is 6.17. The summed E-state index contributed by atoms with van der Waals surface area (Å²) in [5, 5.41) is 22.6. The van der Waals surface area contributed by atoms with Gasteiger partial charge in [-0.3, -0.25) is 15.1 Å². The maximum Gasteiger partial charge on any atom is 0.390 e. The van der Waals surface area contributed by atoms with Gasteiger partial charge in [0.15, 0.2) is 0 Å². The lowest BCUT2D eigenvalue weighted by Crippen LogP contribution is -2.46. The molecule has 0 atom stereocenters. The summed E-state index contributed by atoms with van der Waals surface area (Å²) in [4.78, 5) is 28.6. The van der Waals surface area contributed by atoms with Gasteiger partial charge in [0.2, 0.25) is 0 Å². The SMILES string of the molecule is CC.Cc1ccc(C(=N)N(CCC(F)(F)F)C(=O)NCC(=N)c2cc[nH]c(=O)c2NCc2ccccc2Cl)cc1. The Hall–Kier alpha value is -4.12. The van der Waals surface area contributed by atoms with E-state index >= 15 is 0 Å². The van der Waals surface area contributed by atoms with Gasteiger partial charge < -0.3 is 21.0 Å². The van der Waals surface area contributed by atoms with Crippen LogP contribution in [0, 0.1) is 17.7 Å². The van der Waals surface area contributed by atoms with Gasteiger partial charge in [0.05, 0.1) is 18.7 Å². The Morgan fingerprint density at radius 3 is 2.33 bits per heavy atom. The van der Waals surface area contributed by atoms with Crippen LogP contribution in [0.5, 0.6) is 0 Å². The Morgan fingerprint density at radius 1 is 1.05 bits per heavy atom. The molecule has 0 saturated heterocycles. The number of urea groups is 1. The van der Waals surface area contributed by atoms with Crippen LogP contribution in [0.1, 0.15) is 42.5 Å². The van der Waals surface area contributed by atoms with Crippen molar-refractivity contribution >= 4 is 34.9 Å². The van der Waals surface area contributed by atoms with Crippen LogP contribution < -0.4 is 16.2 Å². The fourth-order valence-electron chi connectivity index (χ4n) is 3.51. The highest BCUT2D eigenvalue weighted by molar-refractivity contribution is 6.31. The van der Waals surface area contributed by atoms with Crippen molar-refractivity contribution < 1.29 is 18.0 Å². The molecule has 1 heterocycles. The molecule has 0 fully saturated rings. The molecule has 214 valence electrons. The molecule has 3 aromatic rings. The molecular weight excluding hydrogens is 545 g/mol. The molecule has 12 heteroatoms. The summed E-state index contributed by atoms with van der Waals surface area (Å²) in [5.74, 6) is -0.406. The Balaban J connectivity index is 0.00000274. The number of benzene rings is 2. The molecule has 8 nitrogen and oxygen atoms in total. The number of hydrogen-bond acceptors (Lipinski definition) is 5. The first kappa shape index (κ1) is 32.1. The average Bonchev–Trinajstić information content (AvgIpc) is 2.92. The maximum atomic E-state index is 12.9. The number of hydrogen-bond donors (Lipinski definition) is 5. The van der Waals surface area contributed by atoms with Crippen LogP contribution in [-0.2, 0) is 6.54 Å². The summed E-state index contributed by atoms with van der Waals surface area (Å²) in [6.07, 6.45) is -4.50. The van der Waals surface area contributed by atoms with Gasteiger partial charge in [-0.15, -0.1) is 0 Å². The van der Waals surface area contributed by atoms with Gasteiger partial charge in [-0.2, -0.15) is 13.2 Å². The zero-order chi connectivity index (χ0) is 29.9. The zero-order valence-electron chi connectivity index (χ0n) is 22.4. The first-order chi connectivity index (χ1) is 19.0. The molecule has 0 spiro atoms. The van der Waals surface area contributed by atoms with E-state index in [4.69, 9.17) is 22.4 Å². The summed E-state index contributed by atoms with van der Waals surface area (Å²) in [5.41, 5.74) is 1.48. The summed E-state index contributed by atoms with van der Waals surface area (Å²) < 4.78 is 38.8. The molecule has 40 heavy (non-hydrogen) atoms. The number of amides is 2. The molecule has 0 aliphatic carbocycles. The van der Waals surface area contributed by atoms with Gasteiger partial charge >= 0.3 is 12.2 Å². The molecule has 2 amide bonds. The number of H-pyrrole nitrogens is 1. The van der Waals surface area contributed by atoms with Crippen molar-refractivity contribution in [3.63, 3.8) is 0 Å². The van der Waals surface area contributed by atoms with E-state index in [9.17, 15) is 22.8 Å². The fraction of sp³-hybridized carbons (Fsp3) is 0.286. The molecule has 3 rings (SSSR count). The number of rotatable bonds is 9. The predicted octanol–water partition coefficient (Wildman–Crippen LogP) is 6.33. The monoisotopic (exact) mass is 576 g/mol. The second-order valence-electron chi connectivity index (χ2n) is 8.41. The van der Waals surface area contributed by atoms with Crippen molar-refractivity contribution in [3.05, 3.63) is 98.4 Å². The van der Waals surface area contributed by atoms with Crippen molar-refractivity contribution in [2.75, 3.05) is 18.4 Å². The number of anilines is 1. The number of aryl methyl sites for hydroxylation is 1. The minimum atomic E-state index is -4.54. The molecule has 0 unspecified atom stereocenters. The molecular formula is C28H32ClF3N6O2. The topological polar surface area (TPSA) is 125 Å². The second kappa shape index (κ2) is 14.9. The van der Waals surface area contributed by atoms with E-state index in [1.54, 1.807) is 48.5 Å². The van der Waals surface area contributed by atoms with Crippen LogP contribution in [0.15, 0.2) is 65.6 Å². The van der Waals surface area contributed by atoms with E-state index in [2.05, 4.69) is 15.6 Å². The van der Waals surface area contributed by atoms with Gasteiger partial charge in [-0.1, -0.05) is 73.5 Å². The summed E-state index contributed by atoms with van der Waals surface area (Å²) in [6, 6.07) is 14.0. The largest absolute Gasteiger partial charge is 0.390 e. The number of carbonyl (C=O) groups excluding carboxylic acids is 1. The Labute approximate surface area is 235 Å². The third-order valence-corrected chi connectivity index (χ3v) is 5.94. The second-order valence-corrected chi connectivity index (χ2v) is 8.82. The quantitative estimate of drug-likeness (QED) is 0.151. The van der Waals surface area contributed by atoms with Gasteiger partial charge in [0, 0.05) is 35.4 Å². The highest BCUT2D eigenvalue weighted by Gasteiger charge is 2.31. The summed E-state index contributed by atoms with van der Waals surface area (Å²) in [6.45, 7) is 4.84. The van der Waals surface area contributed by atoms with Crippen molar-refractivity contribution in [2.45, 2.75) is 39.9 Å². The Kier molecular flexibility index (Phi) is 11.9. The number of carbonyl (C=O) groups is 1. The van der Waals surface area contributed by atoms with Crippen LogP contribution in [-0.4, -0.2) is 46.7 Å². The number of aromatic amines is 1. The predicted molar refractivity (Wildman–Crippen MR) is 153 cm³/mol. The smallest absolute Gasteiger partial charge is 0.376 e. The fourth-order valence-corrected chi connectivity index (χ4v) is 3.71. The molecule has 0 saturated carbocycles. The van der Waals surface area contributed by atoms with Crippen LogP contribution >= 0.6 is 11.6 Å². The zero-order valence-corrected chi connectivity index (χ0v) is 23.1.